The molecular formula is C16H30N2O. The number of hydrogen-bond acceptors (Lipinski definition) is 2. The van der Waals surface area contributed by atoms with Gasteiger partial charge in [-0.05, 0) is 38.6 Å². The van der Waals surface area contributed by atoms with E-state index in [9.17, 15) is 4.79 Å². The first-order valence-electron chi connectivity index (χ1n) is 8.20. The molecule has 19 heavy (non-hydrogen) atoms. The molecular weight excluding hydrogens is 236 g/mol. The van der Waals surface area contributed by atoms with Gasteiger partial charge in [0.15, 0.2) is 0 Å². The van der Waals surface area contributed by atoms with E-state index in [4.69, 9.17) is 0 Å². The highest BCUT2D eigenvalue weighted by Gasteiger charge is 2.29. The molecule has 1 saturated carbocycles. The number of nitrogens with zero attached hydrogens (tertiary/aromatic N) is 1. The minimum absolute atomic E-state index is 0.277. The molecule has 2 rings (SSSR count). The molecule has 1 amide bonds. The summed E-state index contributed by atoms with van der Waals surface area (Å²) in [4.78, 5) is 14.8. The van der Waals surface area contributed by atoms with E-state index >= 15 is 0 Å². The van der Waals surface area contributed by atoms with Crippen molar-refractivity contribution in [2.75, 3.05) is 20.1 Å². The number of piperidine rings is 1. The summed E-state index contributed by atoms with van der Waals surface area (Å²) >= 11 is 0. The van der Waals surface area contributed by atoms with Crippen LogP contribution >= 0.6 is 0 Å². The fraction of sp³-hybridized carbons (Fsp3) is 0.938. The molecule has 0 aromatic heterocycles. The van der Waals surface area contributed by atoms with Crippen molar-refractivity contribution in [3.8, 4) is 0 Å². The Morgan fingerprint density at radius 1 is 1.26 bits per heavy atom. The predicted molar refractivity (Wildman–Crippen MR) is 79.0 cm³/mol. The monoisotopic (exact) mass is 266 g/mol. The third-order valence-electron chi connectivity index (χ3n) is 5.08. The minimum Gasteiger partial charge on any atom is -0.341 e. The van der Waals surface area contributed by atoms with Crippen LogP contribution in [0, 0.1) is 11.8 Å². The zero-order chi connectivity index (χ0) is 13.7. The lowest BCUT2D eigenvalue weighted by atomic mass is 9.89. The summed E-state index contributed by atoms with van der Waals surface area (Å²) in [5, 5.41) is 3.32. The molecule has 3 nitrogen and oxygen atoms in total. The summed E-state index contributed by atoms with van der Waals surface area (Å²) in [6.07, 6.45) is 9.95. The summed E-state index contributed by atoms with van der Waals surface area (Å²) in [5.74, 6) is 1.52. The SMILES string of the molecule is CCC(CC1CCCC1)C(=O)N1CCCC(NC)C1. The molecule has 2 atom stereocenters. The Morgan fingerprint density at radius 2 is 2.00 bits per heavy atom. The van der Waals surface area contributed by atoms with Crippen molar-refractivity contribution in [1.29, 1.82) is 0 Å². The van der Waals surface area contributed by atoms with Gasteiger partial charge in [-0.15, -0.1) is 0 Å². The van der Waals surface area contributed by atoms with E-state index in [0.717, 1.165) is 38.3 Å². The molecule has 2 fully saturated rings. The van der Waals surface area contributed by atoms with Crippen LogP contribution in [0.4, 0.5) is 0 Å². The third-order valence-corrected chi connectivity index (χ3v) is 5.08. The molecule has 1 aliphatic carbocycles. The molecule has 0 radical (unpaired) electrons. The zero-order valence-electron chi connectivity index (χ0n) is 12.7. The molecule has 0 aromatic rings. The standard InChI is InChI=1S/C16H30N2O/c1-3-14(11-13-7-4-5-8-13)16(19)18-10-6-9-15(12-18)17-2/h13-15,17H,3-12H2,1-2H3. The van der Waals surface area contributed by atoms with Crippen LogP contribution in [0.5, 0.6) is 0 Å². The zero-order valence-corrected chi connectivity index (χ0v) is 12.7. The van der Waals surface area contributed by atoms with Crippen LogP contribution in [-0.2, 0) is 4.79 Å². The highest BCUT2D eigenvalue weighted by molar-refractivity contribution is 5.79. The van der Waals surface area contributed by atoms with Crippen molar-refractivity contribution in [2.45, 2.75) is 64.3 Å². The number of hydrogen-bond donors (Lipinski definition) is 1. The summed E-state index contributed by atoms with van der Waals surface area (Å²) in [5.41, 5.74) is 0. The van der Waals surface area contributed by atoms with Crippen molar-refractivity contribution < 1.29 is 4.79 Å². The average molecular weight is 266 g/mol. The maximum Gasteiger partial charge on any atom is 0.225 e. The molecule has 2 unspecified atom stereocenters. The first-order chi connectivity index (χ1) is 9.24. The van der Waals surface area contributed by atoms with Gasteiger partial charge < -0.3 is 10.2 Å². The van der Waals surface area contributed by atoms with Crippen LogP contribution in [0.2, 0.25) is 0 Å². The number of nitrogens with one attached hydrogen (secondary N) is 1. The van der Waals surface area contributed by atoms with Gasteiger partial charge in [0.25, 0.3) is 0 Å². The fourth-order valence-electron chi connectivity index (χ4n) is 3.76. The van der Waals surface area contributed by atoms with Crippen LogP contribution in [0.25, 0.3) is 0 Å². The summed E-state index contributed by atoms with van der Waals surface area (Å²) in [7, 11) is 2.01. The van der Waals surface area contributed by atoms with Gasteiger partial charge in [0, 0.05) is 25.0 Å². The molecule has 2 aliphatic rings. The minimum atomic E-state index is 0.277. The van der Waals surface area contributed by atoms with Crippen LogP contribution < -0.4 is 5.32 Å². The Hall–Kier alpha value is -0.570. The smallest absolute Gasteiger partial charge is 0.225 e. The second-order valence-corrected chi connectivity index (χ2v) is 6.40. The number of carbonyl (C=O) groups excluding carboxylic acids is 1. The lowest BCUT2D eigenvalue weighted by Crippen LogP contribution is -2.48. The quantitative estimate of drug-likeness (QED) is 0.830. The van der Waals surface area contributed by atoms with Crippen molar-refractivity contribution in [3.63, 3.8) is 0 Å². The number of likely N-dealkylation sites (tertiary alicyclic amines) is 1. The Bertz CT molecular complexity index is 286. The van der Waals surface area contributed by atoms with E-state index < -0.39 is 0 Å². The van der Waals surface area contributed by atoms with Gasteiger partial charge in [0.2, 0.25) is 5.91 Å². The van der Waals surface area contributed by atoms with Gasteiger partial charge in [0.1, 0.15) is 0 Å². The average Bonchev–Trinajstić information content (AvgIpc) is 2.97. The number of likely N-dealkylation sites (N-methyl/N-ethyl adjacent to an activating group) is 1. The van der Waals surface area contributed by atoms with Crippen molar-refractivity contribution in [1.82, 2.24) is 10.2 Å². The van der Waals surface area contributed by atoms with Gasteiger partial charge in [-0.3, -0.25) is 4.79 Å². The molecule has 1 saturated heterocycles. The summed E-state index contributed by atoms with van der Waals surface area (Å²) in [6.45, 7) is 4.06. The van der Waals surface area contributed by atoms with E-state index in [1.54, 1.807) is 0 Å². The lowest BCUT2D eigenvalue weighted by Gasteiger charge is -2.35. The summed E-state index contributed by atoms with van der Waals surface area (Å²) in [6, 6.07) is 0.502. The number of carbonyl (C=O) groups is 1. The molecule has 1 heterocycles. The van der Waals surface area contributed by atoms with Crippen LogP contribution in [-0.4, -0.2) is 37.0 Å². The molecule has 110 valence electrons. The van der Waals surface area contributed by atoms with Crippen LogP contribution in [0.15, 0.2) is 0 Å². The molecule has 0 spiro atoms. The van der Waals surface area contributed by atoms with E-state index in [-0.39, 0.29) is 5.92 Å². The normalized spacial score (nSPS) is 26.6. The largest absolute Gasteiger partial charge is 0.341 e. The predicted octanol–water partition coefficient (Wildman–Crippen LogP) is 2.80. The van der Waals surface area contributed by atoms with Gasteiger partial charge in [-0.1, -0.05) is 32.6 Å². The summed E-state index contributed by atoms with van der Waals surface area (Å²) < 4.78 is 0. The molecule has 1 N–H and O–H groups in total. The molecule has 0 bridgehead atoms. The molecule has 3 heteroatoms. The first-order valence-corrected chi connectivity index (χ1v) is 8.20. The van der Waals surface area contributed by atoms with E-state index in [1.165, 1.54) is 32.1 Å². The van der Waals surface area contributed by atoms with E-state index in [1.807, 2.05) is 7.05 Å². The Labute approximate surface area is 118 Å². The number of amides is 1. The van der Waals surface area contributed by atoms with E-state index in [2.05, 4.69) is 17.1 Å². The van der Waals surface area contributed by atoms with Crippen LogP contribution in [0.3, 0.4) is 0 Å². The second kappa shape index (κ2) is 7.28. The maximum absolute atomic E-state index is 12.7. The van der Waals surface area contributed by atoms with Gasteiger partial charge >= 0.3 is 0 Å². The lowest BCUT2D eigenvalue weighted by molar-refractivity contribution is -0.137. The van der Waals surface area contributed by atoms with Gasteiger partial charge in [0.05, 0.1) is 0 Å². The molecule has 0 aromatic carbocycles. The Kier molecular flexibility index (Phi) is 5.68. The van der Waals surface area contributed by atoms with Crippen LogP contribution in [0.1, 0.15) is 58.3 Å². The third kappa shape index (κ3) is 3.95. The maximum atomic E-state index is 12.7. The Balaban J connectivity index is 1.87. The number of rotatable bonds is 5. The first kappa shape index (κ1) is 14.8. The second-order valence-electron chi connectivity index (χ2n) is 6.40. The highest BCUT2D eigenvalue weighted by atomic mass is 16.2. The van der Waals surface area contributed by atoms with E-state index in [0.29, 0.717) is 11.9 Å². The van der Waals surface area contributed by atoms with Crippen molar-refractivity contribution in [2.24, 2.45) is 11.8 Å². The van der Waals surface area contributed by atoms with Crippen molar-refractivity contribution >= 4 is 5.91 Å². The Morgan fingerprint density at radius 3 is 2.63 bits per heavy atom. The fourth-order valence-corrected chi connectivity index (χ4v) is 3.76. The van der Waals surface area contributed by atoms with Gasteiger partial charge in [-0.25, -0.2) is 0 Å². The van der Waals surface area contributed by atoms with Gasteiger partial charge in [-0.2, -0.15) is 0 Å². The van der Waals surface area contributed by atoms with Crippen molar-refractivity contribution in [3.05, 3.63) is 0 Å². The highest BCUT2D eigenvalue weighted by Crippen LogP contribution is 2.32. The topological polar surface area (TPSA) is 32.3 Å². The molecule has 1 aliphatic heterocycles.